The van der Waals surface area contributed by atoms with Gasteiger partial charge in [-0.05, 0) is 49.9 Å². The molecule has 0 spiro atoms. The van der Waals surface area contributed by atoms with Crippen LogP contribution in [0.25, 0.3) is 0 Å². The number of thiazole rings is 1. The van der Waals surface area contributed by atoms with Crippen LogP contribution in [-0.2, 0) is 13.0 Å². The number of likely N-dealkylation sites (N-methyl/N-ethyl adjacent to an activating group) is 1. The topological polar surface area (TPSA) is 92.8 Å². The zero-order chi connectivity index (χ0) is 23.8. The Labute approximate surface area is 201 Å². The third-order valence-electron chi connectivity index (χ3n) is 5.93. The van der Waals surface area contributed by atoms with E-state index < -0.39 is 0 Å². The minimum absolute atomic E-state index is 0.218. The average Bonchev–Trinajstić information content (AvgIpc) is 3.39. The Bertz CT molecular complexity index is 1260. The molecule has 0 bridgehead atoms. The summed E-state index contributed by atoms with van der Waals surface area (Å²) in [5.41, 5.74) is 2.90. The number of benzene rings is 2. The van der Waals surface area contributed by atoms with Crippen LogP contribution in [0.3, 0.4) is 0 Å². The molecule has 2 aliphatic rings. The van der Waals surface area contributed by atoms with E-state index in [0.717, 1.165) is 30.8 Å². The number of rotatable bonds is 5. The predicted molar refractivity (Wildman–Crippen MR) is 130 cm³/mol. The highest BCUT2D eigenvalue weighted by atomic mass is 32.1. The fourth-order valence-electron chi connectivity index (χ4n) is 4.08. The van der Waals surface area contributed by atoms with Gasteiger partial charge in [-0.2, -0.15) is 0 Å². The maximum atomic E-state index is 12.9. The molecule has 1 unspecified atom stereocenters. The predicted octanol–water partition coefficient (Wildman–Crippen LogP) is 3.99. The van der Waals surface area contributed by atoms with Gasteiger partial charge in [0.2, 0.25) is 6.29 Å². The van der Waals surface area contributed by atoms with Crippen LogP contribution in [0.1, 0.15) is 56.7 Å². The van der Waals surface area contributed by atoms with Gasteiger partial charge >= 0.3 is 0 Å². The van der Waals surface area contributed by atoms with E-state index in [0.29, 0.717) is 27.8 Å². The van der Waals surface area contributed by atoms with Gasteiger partial charge in [-0.3, -0.25) is 14.9 Å². The van der Waals surface area contributed by atoms with Gasteiger partial charge in [0.25, 0.3) is 11.8 Å². The molecule has 176 valence electrons. The van der Waals surface area contributed by atoms with E-state index >= 15 is 0 Å². The average molecular weight is 479 g/mol. The van der Waals surface area contributed by atoms with Gasteiger partial charge in [-0.15, -0.1) is 11.3 Å². The molecule has 1 aromatic heterocycles. The summed E-state index contributed by atoms with van der Waals surface area (Å²) < 4.78 is 11.1. The zero-order valence-corrected chi connectivity index (χ0v) is 20.1. The van der Waals surface area contributed by atoms with Crippen LogP contribution in [-0.4, -0.2) is 41.6 Å². The van der Waals surface area contributed by atoms with E-state index in [9.17, 15) is 9.59 Å². The smallest absolute Gasteiger partial charge is 0.257 e. The third kappa shape index (κ3) is 4.62. The van der Waals surface area contributed by atoms with Crippen molar-refractivity contribution in [2.24, 2.45) is 0 Å². The summed E-state index contributed by atoms with van der Waals surface area (Å²) in [4.78, 5) is 33.7. The molecule has 0 radical (unpaired) electrons. The number of anilines is 1. The maximum Gasteiger partial charge on any atom is 0.257 e. The molecule has 2 aromatic carbocycles. The quantitative estimate of drug-likeness (QED) is 0.576. The van der Waals surface area contributed by atoms with E-state index in [-0.39, 0.29) is 24.1 Å². The molecule has 34 heavy (non-hydrogen) atoms. The van der Waals surface area contributed by atoms with Crippen molar-refractivity contribution >= 4 is 28.3 Å². The fourth-order valence-corrected chi connectivity index (χ4v) is 5.16. The molecule has 0 saturated heterocycles. The number of nitrogens with one attached hydrogen (secondary N) is 2. The van der Waals surface area contributed by atoms with Crippen LogP contribution in [0.2, 0.25) is 0 Å². The first kappa shape index (κ1) is 22.4. The number of hydrogen-bond acceptors (Lipinski definition) is 7. The van der Waals surface area contributed by atoms with E-state index in [1.807, 2.05) is 19.1 Å². The summed E-state index contributed by atoms with van der Waals surface area (Å²) >= 11 is 1.53. The Morgan fingerprint density at radius 3 is 2.76 bits per heavy atom. The fraction of sp³-hybridized carbons (Fsp3) is 0.320. The number of carbonyl (C=O) groups is 2. The lowest BCUT2D eigenvalue weighted by atomic mass is 10.0. The normalized spacial score (nSPS) is 17.7. The molecule has 5 rings (SSSR count). The van der Waals surface area contributed by atoms with Gasteiger partial charge in [-0.1, -0.05) is 12.1 Å². The van der Waals surface area contributed by atoms with Crippen molar-refractivity contribution in [3.63, 3.8) is 0 Å². The number of carbonyl (C=O) groups excluding carboxylic acids is 2. The van der Waals surface area contributed by atoms with Crippen molar-refractivity contribution in [2.45, 2.75) is 39.1 Å². The monoisotopic (exact) mass is 478 g/mol. The second-order valence-electron chi connectivity index (χ2n) is 8.62. The van der Waals surface area contributed by atoms with Gasteiger partial charge in [0, 0.05) is 42.4 Å². The molecule has 9 heteroatoms. The molecule has 8 nitrogen and oxygen atoms in total. The Balaban J connectivity index is 1.25. The van der Waals surface area contributed by atoms with Crippen LogP contribution in [0, 0.1) is 0 Å². The Kier molecular flexibility index (Phi) is 5.97. The lowest BCUT2D eigenvalue weighted by Crippen LogP contribution is -2.26. The second kappa shape index (κ2) is 9.08. The first-order chi connectivity index (χ1) is 16.4. The highest BCUT2D eigenvalue weighted by molar-refractivity contribution is 7.15. The van der Waals surface area contributed by atoms with Crippen LogP contribution in [0.15, 0.2) is 42.5 Å². The lowest BCUT2D eigenvalue weighted by Gasteiger charge is -2.20. The minimum atomic E-state index is -0.364. The number of nitrogens with zero attached hydrogens (tertiary/aromatic N) is 2. The number of hydrogen-bond donors (Lipinski definition) is 2. The number of amides is 2. The number of fused-ring (bicyclic) bond motifs is 2. The first-order valence-electron chi connectivity index (χ1n) is 11.2. The molecule has 0 saturated carbocycles. The van der Waals surface area contributed by atoms with Crippen molar-refractivity contribution in [3.05, 3.63) is 69.7 Å². The summed E-state index contributed by atoms with van der Waals surface area (Å²) in [6.07, 6.45) is 0.533. The standard InChI is InChI=1S/C25H26N4O4S/c1-14(26-23(30)18-7-8-20-21(12-18)33-15(2)32-20)16-5-4-6-17(11-16)24(31)28-25-27-19-9-10-29(3)13-22(19)34-25/h4-8,11-12,14-15H,9-10,13H2,1-3H3,(H,26,30)(H,27,28,31)/t14-,15?/m1/s1. The van der Waals surface area contributed by atoms with E-state index in [1.54, 1.807) is 37.3 Å². The maximum absolute atomic E-state index is 12.9. The second-order valence-corrected chi connectivity index (χ2v) is 9.70. The SMILES string of the molecule is CC1Oc2ccc(C(=O)N[C@H](C)c3cccc(C(=O)Nc4nc5c(s4)CN(C)CC5)c3)cc2O1. The van der Waals surface area contributed by atoms with E-state index in [4.69, 9.17) is 9.47 Å². The van der Waals surface area contributed by atoms with E-state index in [1.165, 1.54) is 16.2 Å². The van der Waals surface area contributed by atoms with Crippen LogP contribution in [0.4, 0.5) is 5.13 Å². The molecular formula is C25H26N4O4S. The van der Waals surface area contributed by atoms with Gasteiger partial charge in [0.05, 0.1) is 11.7 Å². The summed E-state index contributed by atoms with van der Waals surface area (Å²) in [6, 6.07) is 12.1. The number of aromatic nitrogens is 1. The minimum Gasteiger partial charge on any atom is -0.451 e. The van der Waals surface area contributed by atoms with Gasteiger partial charge < -0.3 is 19.7 Å². The largest absolute Gasteiger partial charge is 0.451 e. The number of ether oxygens (including phenoxy) is 2. The van der Waals surface area contributed by atoms with E-state index in [2.05, 4.69) is 27.6 Å². The van der Waals surface area contributed by atoms with Crippen LogP contribution < -0.4 is 20.1 Å². The van der Waals surface area contributed by atoms with Crippen molar-refractivity contribution < 1.29 is 19.1 Å². The van der Waals surface area contributed by atoms with Crippen LogP contribution in [0.5, 0.6) is 11.5 Å². The molecule has 3 aromatic rings. The third-order valence-corrected chi connectivity index (χ3v) is 6.93. The molecule has 0 fully saturated rings. The molecule has 2 amide bonds. The van der Waals surface area contributed by atoms with Gasteiger partial charge in [0.15, 0.2) is 16.6 Å². The lowest BCUT2D eigenvalue weighted by molar-refractivity contribution is 0.0677. The van der Waals surface area contributed by atoms with Gasteiger partial charge in [-0.25, -0.2) is 4.98 Å². The van der Waals surface area contributed by atoms with Crippen molar-refractivity contribution in [3.8, 4) is 11.5 Å². The summed E-state index contributed by atoms with van der Waals surface area (Å²) in [6.45, 7) is 5.51. The molecule has 2 N–H and O–H groups in total. The van der Waals surface area contributed by atoms with Crippen LogP contribution >= 0.6 is 11.3 Å². The molecule has 3 heterocycles. The first-order valence-corrected chi connectivity index (χ1v) is 12.0. The Morgan fingerprint density at radius 2 is 1.91 bits per heavy atom. The summed E-state index contributed by atoms with van der Waals surface area (Å²) in [5, 5.41) is 6.53. The molecule has 0 aliphatic carbocycles. The summed E-state index contributed by atoms with van der Waals surface area (Å²) in [7, 11) is 2.08. The molecule has 2 atom stereocenters. The molecule has 2 aliphatic heterocycles. The summed E-state index contributed by atoms with van der Waals surface area (Å²) in [5.74, 6) is 0.738. The van der Waals surface area contributed by atoms with Crippen molar-refractivity contribution in [2.75, 3.05) is 18.9 Å². The Hall–Kier alpha value is -3.43. The Morgan fingerprint density at radius 1 is 1.12 bits per heavy atom. The highest BCUT2D eigenvalue weighted by Crippen LogP contribution is 2.35. The zero-order valence-electron chi connectivity index (χ0n) is 19.3. The highest BCUT2D eigenvalue weighted by Gasteiger charge is 2.23. The molecular weight excluding hydrogens is 452 g/mol. The van der Waals surface area contributed by atoms with Gasteiger partial charge in [0.1, 0.15) is 0 Å². The van der Waals surface area contributed by atoms with Crippen molar-refractivity contribution in [1.29, 1.82) is 0 Å². The van der Waals surface area contributed by atoms with Crippen molar-refractivity contribution in [1.82, 2.24) is 15.2 Å².